The van der Waals surface area contributed by atoms with Gasteiger partial charge in [-0.15, -0.1) is 0 Å². The fourth-order valence-corrected chi connectivity index (χ4v) is 3.57. The molecule has 0 aromatic heterocycles. The number of nitrogens with zero attached hydrogens (tertiary/aromatic N) is 1. The monoisotopic (exact) mass is 280 g/mol. The summed E-state index contributed by atoms with van der Waals surface area (Å²) in [5, 5.41) is 1.89. The van der Waals surface area contributed by atoms with Gasteiger partial charge in [-0.2, -0.15) is 5.06 Å². The van der Waals surface area contributed by atoms with E-state index in [1.165, 1.54) is 0 Å². The zero-order valence-electron chi connectivity index (χ0n) is 11.9. The second-order valence-electron chi connectivity index (χ2n) is 5.87. The molecule has 0 spiro atoms. The third-order valence-corrected chi connectivity index (χ3v) is 4.24. The van der Waals surface area contributed by atoms with E-state index in [-0.39, 0.29) is 11.1 Å². The molecule has 1 atom stereocenters. The van der Waals surface area contributed by atoms with Crippen LogP contribution < -0.4 is 4.89 Å². The summed E-state index contributed by atoms with van der Waals surface area (Å²) in [6.07, 6.45) is 0.712. The number of hydrogen-bond acceptors (Lipinski definition) is 6. The molecule has 0 aromatic carbocycles. The molecule has 0 saturated carbocycles. The molecule has 6 nitrogen and oxygen atoms in total. The van der Waals surface area contributed by atoms with Crippen LogP contribution in [0.25, 0.3) is 0 Å². The van der Waals surface area contributed by atoms with Gasteiger partial charge < -0.3 is 18.8 Å². The molecule has 1 aliphatic heterocycles. The Morgan fingerprint density at radius 1 is 1.17 bits per heavy atom. The largest absolute Gasteiger partial charge is 0.756 e. The topological polar surface area (TPSA) is 71.1 Å². The minimum absolute atomic E-state index is 0.311. The van der Waals surface area contributed by atoms with E-state index < -0.39 is 13.9 Å². The second-order valence-corrected chi connectivity index (χ2v) is 7.34. The molecule has 1 aliphatic rings. The van der Waals surface area contributed by atoms with Crippen molar-refractivity contribution < 1.29 is 23.3 Å². The fraction of sp³-hybridized carbons (Fsp3) is 1.00. The van der Waals surface area contributed by atoms with Gasteiger partial charge in [-0.1, -0.05) is 0 Å². The Balaban J connectivity index is 2.87. The predicted octanol–water partition coefficient (Wildman–Crippen LogP) is 1.70. The Kier molecular flexibility index (Phi) is 4.64. The van der Waals surface area contributed by atoms with Gasteiger partial charge in [-0.25, -0.2) is 0 Å². The van der Waals surface area contributed by atoms with Gasteiger partial charge in [0.25, 0.3) is 7.82 Å². The number of hydrogen-bond donors (Lipinski definition) is 0. The van der Waals surface area contributed by atoms with Gasteiger partial charge >= 0.3 is 0 Å². The van der Waals surface area contributed by atoms with Gasteiger partial charge in [0.05, 0.1) is 13.2 Å². The quantitative estimate of drug-likeness (QED) is 0.730. The first kappa shape index (κ1) is 16.1. The van der Waals surface area contributed by atoms with Crippen molar-refractivity contribution in [2.24, 2.45) is 0 Å². The van der Waals surface area contributed by atoms with E-state index in [9.17, 15) is 9.46 Å². The van der Waals surface area contributed by atoms with Gasteiger partial charge in [0.1, 0.15) is 0 Å². The van der Waals surface area contributed by atoms with Crippen LogP contribution >= 0.6 is 7.82 Å². The summed E-state index contributed by atoms with van der Waals surface area (Å²) < 4.78 is 20.8. The molecule has 1 saturated heterocycles. The Morgan fingerprint density at radius 2 is 1.61 bits per heavy atom. The molecule has 0 bridgehead atoms. The molecule has 0 N–H and O–H groups in total. The molecule has 18 heavy (non-hydrogen) atoms. The van der Waals surface area contributed by atoms with Crippen LogP contribution in [0, 0.1) is 0 Å². The van der Waals surface area contributed by atoms with Crippen LogP contribution in [-0.2, 0) is 18.5 Å². The zero-order chi connectivity index (χ0) is 14.2. The van der Waals surface area contributed by atoms with E-state index in [1.54, 1.807) is 7.11 Å². The van der Waals surface area contributed by atoms with Crippen LogP contribution in [0.3, 0.4) is 0 Å². The van der Waals surface area contributed by atoms with Crippen molar-refractivity contribution in [3.05, 3.63) is 0 Å². The summed E-state index contributed by atoms with van der Waals surface area (Å²) in [6.45, 7) is 7.99. The van der Waals surface area contributed by atoms with Gasteiger partial charge in [-0.05, 0) is 40.5 Å². The number of phosphoric ester groups is 1. The average molecular weight is 280 g/mol. The highest BCUT2D eigenvalue weighted by Gasteiger charge is 2.47. The normalized spacial score (nSPS) is 27.9. The summed E-state index contributed by atoms with van der Waals surface area (Å²) in [5.41, 5.74) is -0.621. The Hall–Kier alpha value is 0.0300. The van der Waals surface area contributed by atoms with E-state index in [0.717, 1.165) is 7.11 Å². The number of hydroxylamine groups is 2. The first-order valence-corrected chi connectivity index (χ1v) is 7.40. The van der Waals surface area contributed by atoms with E-state index >= 15 is 0 Å². The third kappa shape index (κ3) is 3.53. The van der Waals surface area contributed by atoms with Gasteiger partial charge in [0, 0.05) is 18.2 Å². The lowest BCUT2D eigenvalue weighted by Crippen LogP contribution is -2.61. The summed E-state index contributed by atoms with van der Waals surface area (Å²) in [4.78, 5) is 16.8. The molecule has 0 radical (unpaired) electrons. The maximum Gasteiger partial charge on any atom is 0.267 e. The first-order valence-electron chi connectivity index (χ1n) is 5.94. The van der Waals surface area contributed by atoms with Crippen molar-refractivity contribution >= 4 is 7.82 Å². The van der Waals surface area contributed by atoms with Crippen LogP contribution in [0.5, 0.6) is 0 Å². The lowest BCUT2D eigenvalue weighted by molar-refractivity contribution is -0.282. The lowest BCUT2D eigenvalue weighted by Gasteiger charge is -2.53. The fourth-order valence-electron chi connectivity index (χ4n) is 2.97. The van der Waals surface area contributed by atoms with Crippen molar-refractivity contribution in [1.82, 2.24) is 5.06 Å². The molecule has 7 heteroatoms. The molecule has 1 unspecified atom stereocenters. The molecule has 0 aromatic rings. The van der Waals surface area contributed by atoms with Crippen LogP contribution in [0.4, 0.5) is 0 Å². The first-order chi connectivity index (χ1) is 8.04. The minimum atomic E-state index is -4.19. The highest BCUT2D eigenvalue weighted by molar-refractivity contribution is 7.45. The number of phosphoric acid groups is 1. The zero-order valence-corrected chi connectivity index (χ0v) is 12.8. The van der Waals surface area contributed by atoms with Crippen LogP contribution in [0.15, 0.2) is 0 Å². The Labute approximate surface area is 109 Å². The molecular weight excluding hydrogens is 257 g/mol. The summed E-state index contributed by atoms with van der Waals surface area (Å²) in [7, 11) is -1.46. The number of rotatable bonds is 4. The lowest BCUT2D eigenvalue weighted by atomic mass is 9.80. The van der Waals surface area contributed by atoms with Crippen molar-refractivity contribution in [2.45, 2.75) is 57.7 Å². The van der Waals surface area contributed by atoms with E-state index in [1.807, 2.05) is 32.8 Å². The third-order valence-electron chi connectivity index (χ3n) is 3.24. The van der Waals surface area contributed by atoms with Gasteiger partial charge in [-0.3, -0.25) is 4.57 Å². The molecule has 0 amide bonds. The van der Waals surface area contributed by atoms with Crippen molar-refractivity contribution in [1.29, 1.82) is 0 Å². The molecule has 1 rings (SSSR count). The summed E-state index contributed by atoms with van der Waals surface area (Å²) in [6, 6.07) is 0. The Morgan fingerprint density at radius 3 is 1.94 bits per heavy atom. The smallest absolute Gasteiger partial charge is 0.267 e. The minimum Gasteiger partial charge on any atom is -0.756 e. The highest BCUT2D eigenvalue weighted by Crippen LogP contribution is 2.46. The number of piperidine rings is 1. The standard InChI is InChI=1S/C11H24NO5P/c1-10(2)7-9(17-18(13,14)16-6)8-11(3,4)12(10)15-5/h9H,7-8H2,1-6H3,(H,13,14)/p-1. The molecule has 0 aliphatic carbocycles. The van der Waals surface area contributed by atoms with Crippen LogP contribution in [0.1, 0.15) is 40.5 Å². The predicted molar refractivity (Wildman–Crippen MR) is 65.7 cm³/mol. The molecular formula is C11H23NO5P-. The van der Waals surface area contributed by atoms with Crippen molar-refractivity contribution in [2.75, 3.05) is 14.2 Å². The van der Waals surface area contributed by atoms with E-state index in [4.69, 9.17) is 9.36 Å². The Bertz CT molecular complexity index is 326. The molecule has 1 heterocycles. The maximum atomic E-state index is 11.4. The highest BCUT2D eigenvalue weighted by atomic mass is 31.2. The maximum absolute atomic E-state index is 11.4. The average Bonchev–Trinajstić information content (AvgIpc) is 2.13. The van der Waals surface area contributed by atoms with E-state index in [2.05, 4.69) is 4.52 Å². The van der Waals surface area contributed by atoms with Crippen molar-refractivity contribution in [3.63, 3.8) is 0 Å². The second kappa shape index (κ2) is 5.19. The van der Waals surface area contributed by atoms with E-state index in [0.29, 0.717) is 12.8 Å². The van der Waals surface area contributed by atoms with Crippen LogP contribution in [-0.4, -0.2) is 36.5 Å². The van der Waals surface area contributed by atoms with Gasteiger partial charge in [0.15, 0.2) is 0 Å². The molecule has 1 fully saturated rings. The van der Waals surface area contributed by atoms with Crippen molar-refractivity contribution in [3.8, 4) is 0 Å². The van der Waals surface area contributed by atoms with Crippen LogP contribution in [0.2, 0.25) is 0 Å². The summed E-state index contributed by atoms with van der Waals surface area (Å²) in [5.74, 6) is 0. The SMILES string of the molecule is CON1C(C)(C)CC(OP(=O)([O-])OC)CC1(C)C. The molecule has 108 valence electrons. The van der Waals surface area contributed by atoms with Gasteiger partial charge in [0.2, 0.25) is 0 Å². The summed E-state index contributed by atoms with van der Waals surface area (Å²) >= 11 is 0.